The van der Waals surface area contributed by atoms with Crippen molar-refractivity contribution in [3.63, 3.8) is 0 Å². The molecule has 0 aromatic rings. The van der Waals surface area contributed by atoms with Gasteiger partial charge in [-0.05, 0) is 21.0 Å². The van der Waals surface area contributed by atoms with Crippen LogP contribution in [0.1, 0.15) is 13.3 Å². The highest BCUT2D eigenvalue weighted by Crippen LogP contribution is 1.88. The van der Waals surface area contributed by atoms with Crippen LogP contribution in [0.25, 0.3) is 0 Å². The quantitative estimate of drug-likeness (QED) is 0.642. The number of carbonyl (C=O) groups excluding carboxylic acids is 1. The molecule has 1 amide bonds. The zero-order valence-corrected chi connectivity index (χ0v) is 7.79. The molecule has 0 saturated heterocycles. The van der Waals surface area contributed by atoms with Gasteiger partial charge in [0.25, 0.3) is 0 Å². The van der Waals surface area contributed by atoms with E-state index in [9.17, 15) is 4.79 Å². The van der Waals surface area contributed by atoms with Gasteiger partial charge in [0.2, 0.25) is 5.91 Å². The van der Waals surface area contributed by atoms with E-state index in [0.29, 0.717) is 12.6 Å². The van der Waals surface area contributed by atoms with E-state index in [2.05, 4.69) is 5.32 Å². The Bertz CT molecular complexity index is 183. The van der Waals surface area contributed by atoms with Gasteiger partial charge in [-0.15, -0.1) is 0 Å². The van der Waals surface area contributed by atoms with E-state index < -0.39 is 0 Å². The van der Waals surface area contributed by atoms with Gasteiger partial charge in [-0.25, -0.2) is 0 Å². The highest BCUT2D eigenvalue weighted by molar-refractivity contribution is 5.77. The first kappa shape index (κ1) is 10.9. The molecule has 0 aliphatic heterocycles. The van der Waals surface area contributed by atoms with Crippen LogP contribution in [0, 0.1) is 11.3 Å². The van der Waals surface area contributed by atoms with Gasteiger partial charge in [-0.2, -0.15) is 5.26 Å². The van der Waals surface area contributed by atoms with Crippen molar-refractivity contribution in [2.24, 2.45) is 0 Å². The molecule has 0 bridgehead atoms. The van der Waals surface area contributed by atoms with Crippen LogP contribution in [0.5, 0.6) is 0 Å². The number of amides is 1. The summed E-state index contributed by atoms with van der Waals surface area (Å²) >= 11 is 0. The van der Waals surface area contributed by atoms with Crippen LogP contribution in [0.2, 0.25) is 0 Å². The third kappa shape index (κ3) is 4.69. The van der Waals surface area contributed by atoms with Crippen molar-refractivity contribution in [1.82, 2.24) is 10.2 Å². The van der Waals surface area contributed by atoms with Crippen molar-refractivity contribution < 1.29 is 4.79 Å². The van der Waals surface area contributed by atoms with E-state index in [-0.39, 0.29) is 12.3 Å². The molecule has 68 valence electrons. The zero-order valence-electron chi connectivity index (χ0n) is 7.79. The standard InChI is InChI=1S/C8H15N3O/c1-7(11(2)3)6-10-8(12)4-5-9/h7H,4,6H2,1-3H3,(H,10,12). The fourth-order valence-corrected chi connectivity index (χ4v) is 0.578. The Morgan fingerprint density at radius 3 is 2.67 bits per heavy atom. The summed E-state index contributed by atoms with van der Waals surface area (Å²) < 4.78 is 0. The van der Waals surface area contributed by atoms with Gasteiger partial charge in [0.05, 0.1) is 6.07 Å². The molecule has 0 spiro atoms. The Kier molecular flexibility index (Phi) is 5.06. The SMILES string of the molecule is CC(CNC(=O)CC#N)N(C)C. The normalized spacial score (nSPS) is 12.2. The van der Waals surface area contributed by atoms with E-state index in [1.807, 2.05) is 25.9 Å². The van der Waals surface area contributed by atoms with E-state index in [1.54, 1.807) is 6.07 Å². The molecule has 0 radical (unpaired) electrons. The third-order valence-corrected chi connectivity index (χ3v) is 1.72. The number of rotatable bonds is 4. The minimum Gasteiger partial charge on any atom is -0.354 e. The molecule has 0 aromatic heterocycles. The highest BCUT2D eigenvalue weighted by atomic mass is 16.1. The fourth-order valence-electron chi connectivity index (χ4n) is 0.578. The summed E-state index contributed by atoms with van der Waals surface area (Å²) in [7, 11) is 3.89. The molecule has 0 saturated carbocycles. The smallest absolute Gasteiger partial charge is 0.234 e. The van der Waals surface area contributed by atoms with Crippen LogP contribution >= 0.6 is 0 Å². The predicted octanol–water partition coefficient (Wildman–Crippen LogP) is -0.0336. The van der Waals surface area contributed by atoms with Crippen molar-refractivity contribution in [3.05, 3.63) is 0 Å². The van der Waals surface area contributed by atoms with Gasteiger partial charge >= 0.3 is 0 Å². The average molecular weight is 169 g/mol. The molecule has 12 heavy (non-hydrogen) atoms. The second-order valence-corrected chi connectivity index (χ2v) is 2.95. The molecule has 4 heteroatoms. The monoisotopic (exact) mass is 169 g/mol. The first-order valence-electron chi connectivity index (χ1n) is 3.88. The van der Waals surface area contributed by atoms with E-state index in [0.717, 1.165) is 0 Å². The lowest BCUT2D eigenvalue weighted by Crippen LogP contribution is -2.38. The summed E-state index contributed by atoms with van der Waals surface area (Å²) in [5, 5.41) is 10.9. The summed E-state index contributed by atoms with van der Waals surface area (Å²) in [6.45, 7) is 2.60. The minimum absolute atomic E-state index is 0.0554. The minimum atomic E-state index is -0.203. The number of carbonyl (C=O) groups is 1. The molecule has 0 aliphatic carbocycles. The van der Waals surface area contributed by atoms with Gasteiger partial charge in [-0.3, -0.25) is 4.79 Å². The van der Waals surface area contributed by atoms with Gasteiger partial charge in [0.15, 0.2) is 0 Å². The molecular weight excluding hydrogens is 154 g/mol. The summed E-state index contributed by atoms with van der Waals surface area (Å²) in [6, 6.07) is 2.09. The average Bonchev–Trinajstić information content (AvgIpc) is 2.00. The Morgan fingerprint density at radius 1 is 1.67 bits per heavy atom. The van der Waals surface area contributed by atoms with Crippen molar-refractivity contribution in [2.45, 2.75) is 19.4 Å². The molecular formula is C8H15N3O. The number of nitriles is 1. The molecule has 1 N–H and O–H groups in total. The number of hydrogen-bond acceptors (Lipinski definition) is 3. The Labute approximate surface area is 73.2 Å². The molecule has 0 aliphatic rings. The lowest BCUT2D eigenvalue weighted by molar-refractivity contribution is -0.120. The van der Waals surface area contributed by atoms with Crippen LogP contribution < -0.4 is 5.32 Å². The zero-order chi connectivity index (χ0) is 9.56. The van der Waals surface area contributed by atoms with Gasteiger partial charge < -0.3 is 10.2 Å². The highest BCUT2D eigenvalue weighted by Gasteiger charge is 2.05. The number of hydrogen-bond donors (Lipinski definition) is 1. The molecule has 0 rings (SSSR count). The number of nitrogens with one attached hydrogen (secondary N) is 1. The Morgan fingerprint density at radius 2 is 2.25 bits per heavy atom. The number of likely N-dealkylation sites (N-methyl/N-ethyl adjacent to an activating group) is 1. The largest absolute Gasteiger partial charge is 0.354 e. The summed E-state index contributed by atoms with van der Waals surface area (Å²) in [5.41, 5.74) is 0. The number of nitrogens with zero attached hydrogens (tertiary/aromatic N) is 2. The predicted molar refractivity (Wildman–Crippen MR) is 46.4 cm³/mol. The van der Waals surface area contributed by atoms with Crippen molar-refractivity contribution >= 4 is 5.91 Å². The maximum absolute atomic E-state index is 10.8. The Hall–Kier alpha value is -1.08. The van der Waals surface area contributed by atoms with Crippen LogP contribution in [0.4, 0.5) is 0 Å². The van der Waals surface area contributed by atoms with E-state index in [4.69, 9.17) is 5.26 Å². The van der Waals surface area contributed by atoms with E-state index in [1.165, 1.54) is 0 Å². The Balaban J connectivity index is 3.55. The lowest BCUT2D eigenvalue weighted by Gasteiger charge is -2.19. The molecule has 4 nitrogen and oxygen atoms in total. The second-order valence-electron chi connectivity index (χ2n) is 2.95. The second kappa shape index (κ2) is 5.56. The maximum atomic E-state index is 10.8. The van der Waals surface area contributed by atoms with Gasteiger partial charge in [0, 0.05) is 12.6 Å². The maximum Gasteiger partial charge on any atom is 0.234 e. The van der Waals surface area contributed by atoms with Gasteiger partial charge in [0.1, 0.15) is 6.42 Å². The molecule has 1 atom stereocenters. The third-order valence-electron chi connectivity index (χ3n) is 1.72. The molecule has 0 fully saturated rings. The first-order valence-corrected chi connectivity index (χ1v) is 3.88. The summed E-state index contributed by atoms with van der Waals surface area (Å²) in [6.07, 6.45) is -0.0554. The molecule has 0 heterocycles. The van der Waals surface area contributed by atoms with Crippen molar-refractivity contribution in [1.29, 1.82) is 5.26 Å². The van der Waals surface area contributed by atoms with Crippen LogP contribution in [-0.2, 0) is 4.79 Å². The van der Waals surface area contributed by atoms with Gasteiger partial charge in [-0.1, -0.05) is 0 Å². The molecule has 1 unspecified atom stereocenters. The van der Waals surface area contributed by atoms with Crippen LogP contribution in [0.15, 0.2) is 0 Å². The first-order chi connectivity index (χ1) is 5.57. The van der Waals surface area contributed by atoms with Crippen LogP contribution in [-0.4, -0.2) is 37.5 Å². The topological polar surface area (TPSA) is 56.1 Å². The fraction of sp³-hybridized carbons (Fsp3) is 0.750. The van der Waals surface area contributed by atoms with Crippen LogP contribution in [0.3, 0.4) is 0 Å². The van der Waals surface area contributed by atoms with E-state index >= 15 is 0 Å². The van der Waals surface area contributed by atoms with Crippen molar-refractivity contribution in [3.8, 4) is 6.07 Å². The summed E-state index contributed by atoms with van der Waals surface area (Å²) in [5.74, 6) is -0.203. The van der Waals surface area contributed by atoms with Crippen molar-refractivity contribution in [2.75, 3.05) is 20.6 Å². The molecule has 0 aromatic carbocycles. The summed E-state index contributed by atoms with van der Waals surface area (Å²) in [4.78, 5) is 12.8. The lowest BCUT2D eigenvalue weighted by atomic mass is 10.3.